The Balaban J connectivity index is 1.36. The molecule has 7 saturated carbocycles. The van der Waals surface area contributed by atoms with Gasteiger partial charge in [-0.1, -0.05) is 0 Å². The van der Waals surface area contributed by atoms with Crippen molar-refractivity contribution in [1.29, 1.82) is 0 Å². The van der Waals surface area contributed by atoms with Crippen LogP contribution in [0.1, 0.15) is 30.4 Å². The van der Waals surface area contributed by atoms with Gasteiger partial charge in [-0.2, -0.15) is 13.2 Å². The molecule has 0 amide bonds. The largest absolute Gasteiger partial charge is 0.434 e. The zero-order valence-corrected chi connectivity index (χ0v) is 11.8. The first kappa shape index (κ1) is 11.5. The fraction of sp³-hybridized carbons (Fsp3) is 0.812. The van der Waals surface area contributed by atoms with Gasteiger partial charge < -0.3 is 10.3 Å². The highest BCUT2D eigenvalue weighted by Crippen LogP contribution is 3.09. The Morgan fingerprint density at radius 1 is 1.14 bits per heavy atom. The van der Waals surface area contributed by atoms with Crippen molar-refractivity contribution >= 4 is 0 Å². The Morgan fingerprint density at radius 3 is 2.18 bits per heavy atom. The van der Waals surface area contributed by atoms with Crippen LogP contribution in [0.4, 0.5) is 13.2 Å². The zero-order chi connectivity index (χ0) is 14.8. The molecule has 2 N–H and O–H groups in total. The van der Waals surface area contributed by atoms with Gasteiger partial charge in [0.25, 0.3) is 0 Å². The van der Waals surface area contributed by atoms with Crippen LogP contribution in [0.3, 0.4) is 0 Å². The monoisotopic (exact) mass is 307 g/mol. The number of aromatic nitrogens is 2. The maximum absolute atomic E-state index is 13.1. The Morgan fingerprint density at radius 2 is 1.73 bits per heavy atom. The SMILES string of the molecule is NCC12C3C4C1C1C2C3C41c1nc(C(F)(F)F)cn1C1CC1. The summed E-state index contributed by atoms with van der Waals surface area (Å²) in [4.78, 5) is 4.14. The van der Waals surface area contributed by atoms with E-state index in [0.29, 0.717) is 23.2 Å². The van der Waals surface area contributed by atoms with Gasteiger partial charge >= 0.3 is 6.18 Å². The summed E-state index contributed by atoms with van der Waals surface area (Å²) in [5.74, 6) is 4.77. The van der Waals surface area contributed by atoms with Crippen LogP contribution in [-0.2, 0) is 11.6 Å². The third-order valence-corrected chi connectivity index (χ3v) is 8.54. The van der Waals surface area contributed by atoms with Crippen molar-refractivity contribution in [1.82, 2.24) is 9.55 Å². The predicted octanol–water partition coefficient (Wildman–Crippen LogP) is 2.18. The molecule has 0 saturated heterocycles. The highest BCUT2D eigenvalue weighted by atomic mass is 19.4. The summed E-state index contributed by atoms with van der Waals surface area (Å²) in [5, 5.41) is 0. The van der Waals surface area contributed by atoms with Crippen molar-refractivity contribution in [2.75, 3.05) is 6.54 Å². The molecule has 0 unspecified atom stereocenters. The van der Waals surface area contributed by atoms with E-state index in [1.165, 1.54) is 6.20 Å². The number of hydrogen-bond acceptors (Lipinski definition) is 2. The molecule has 22 heavy (non-hydrogen) atoms. The minimum absolute atomic E-state index is 0.0308. The van der Waals surface area contributed by atoms with Crippen molar-refractivity contribution in [3.8, 4) is 0 Å². The number of imidazole rings is 1. The topological polar surface area (TPSA) is 43.8 Å². The molecule has 1 aromatic heterocycles. The molecule has 7 aliphatic rings. The lowest BCUT2D eigenvalue weighted by atomic mass is 8.92. The molecule has 116 valence electrons. The molecule has 1 heterocycles. The number of alkyl halides is 3. The van der Waals surface area contributed by atoms with E-state index < -0.39 is 11.9 Å². The van der Waals surface area contributed by atoms with Crippen LogP contribution in [0.2, 0.25) is 0 Å². The van der Waals surface area contributed by atoms with E-state index in [9.17, 15) is 13.2 Å². The van der Waals surface area contributed by atoms with Gasteiger partial charge in [-0.15, -0.1) is 0 Å². The van der Waals surface area contributed by atoms with Crippen LogP contribution in [-0.4, -0.2) is 16.1 Å². The first-order valence-electron chi connectivity index (χ1n) is 8.35. The van der Waals surface area contributed by atoms with E-state index in [1.807, 2.05) is 4.57 Å². The number of halogens is 3. The van der Waals surface area contributed by atoms with Gasteiger partial charge in [0.05, 0.1) is 0 Å². The van der Waals surface area contributed by atoms with E-state index in [-0.39, 0.29) is 11.5 Å². The predicted molar refractivity (Wildman–Crippen MR) is 69.6 cm³/mol. The second-order valence-corrected chi connectivity index (χ2v) is 8.49. The van der Waals surface area contributed by atoms with Gasteiger partial charge in [0.1, 0.15) is 5.82 Å². The summed E-state index contributed by atoms with van der Waals surface area (Å²) in [5.41, 5.74) is 5.76. The van der Waals surface area contributed by atoms with Gasteiger partial charge in [0.15, 0.2) is 5.69 Å². The minimum Gasteiger partial charge on any atom is -0.331 e. The van der Waals surface area contributed by atoms with Crippen molar-refractivity contribution in [3.63, 3.8) is 0 Å². The summed E-state index contributed by atoms with van der Waals surface area (Å²) < 4.78 is 41.2. The molecule has 0 aromatic carbocycles. The number of nitrogens with zero attached hydrogens (tertiary/aromatic N) is 2. The molecule has 0 atom stereocenters. The second kappa shape index (κ2) is 2.66. The highest BCUT2D eigenvalue weighted by molar-refractivity contribution is 5.61. The Labute approximate surface area is 125 Å². The van der Waals surface area contributed by atoms with Gasteiger partial charge in [0.2, 0.25) is 0 Å². The molecule has 3 nitrogen and oxygen atoms in total. The molecule has 7 fully saturated rings. The van der Waals surface area contributed by atoms with Gasteiger partial charge in [-0.3, -0.25) is 0 Å². The van der Waals surface area contributed by atoms with Gasteiger partial charge in [0, 0.05) is 17.7 Å². The molecule has 0 bridgehead atoms. The normalized spacial score (nSPS) is 58.0. The fourth-order valence-corrected chi connectivity index (χ4v) is 8.09. The van der Waals surface area contributed by atoms with Gasteiger partial charge in [-0.25, -0.2) is 4.98 Å². The van der Waals surface area contributed by atoms with Crippen LogP contribution in [0, 0.1) is 40.9 Å². The second-order valence-electron chi connectivity index (χ2n) is 8.49. The van der Waals surface area contributed by atoms with E-state index in [0.717, 1.165) is 43.0 Å². The smallest absolute Gasteiger partial charge is 0.331 e. The lowest BCUT2D eigenvalue weighted by Crippen LogP contribution is -3.12. The minimum atomic E-state index is -4.33. The van der Waals surface area contributed by atoms with Crippen LogP contribution in [0.5, 0.6) is 0 Å². The maximum atomic E-state index is 13.1. The summed E-state index contributed by atoms with van der Waals surface area (Å²) in [6, 6.07) is 0.266. The third-order valence-electron chi connectivity index (χ3n) is 8.54. The highest BCUT2D eigenvalue weighted by Gasteiger charge is 3.10. The quantitative estimate of drug-likeness (QED) is 0.930. The van der Waals surface area contributed by atoms with E-state index in [1.54, 1.807) is 0 Å². The van der Waals surface area contributed by atoms with Crippen molar-refractivity contribution in [2.24, 2.45) is 46.7 Å². The number of nitrogens with two attached hydrogens (primary N) is 1. The molecule has 7 aliphatic carbocycles. The fourth-order valence-electron chi connectivity index (χ4n) is 8.09. The van der Waals surface area contributed by atoms with E-state index >= 15 is 0 Å². The van der Waals surface area contributed by atoms with E-state index in [2.05, 4.69) is 4.98 Å². The molecule has 0 radical (unpaired) electrons. The van der Waals surface area contributed by atoms with Crippen molar-refractivity contribution in [2.45, 2.75) is 30.5 Å². The van der Waals surface area contributed by atoms with Crippen LogP contribution in [0.15, 0.2) is 6.20 Å². The van der Waals surface area contributed by atoms with Crippen LogP contribution in [0.25, 0.3) is 0 Å². The van der Waals surface area contributed by atoms with E-state index in [4.69, 9.17) is 5.73 Å². The lowest BCUT2D eigenvalue weighted by Gasteiger charge is -3.11. The third kappa shape index (κ3) is 0.708. The summed E-state index contributed by atoms with van der Waals surface area (Å²) >= 11 is 0. The Hall–Kier alpha value is -1.04. The lowest BCUT2D eigenvalue weighted by molar-refractivity contribution is -0.627. The molecule has 8 rings (SSSR count). The first-order chi connectivity index (χ1) is 10.5. The molecular weight excluding hydrogens is 291 g/mol. The van der Waals surface area contributed by atoms with Crippen molar-refractivity contribution < 1.29 is 13.2 Å². The average Bonchev–Trinajstić information content (AvgIpc) is 3.24. The average molecular weight is 307 g/mol. The Bertz CT molecular complexity index is 706. The van der Waals surface area contributed by atoms with Crippen LogP contribution >= 0.6 is 0 Å². The summed E-state index contributed by atoms with van der Waals surface area (Å²) in [6.45, 7) is 0.789. The Kier molecular flexibility index (Phi) is 1.39. The molecule has 0 aliphatic heterocycles. The summed E-state index contributed by atoms with van der Waals surface area (Å²) in [7, 11) is 0. The number of hydrogen-bond donors (Lipinski definition) is 1. The summed E-state index contributed by atoms with van der Waals surface area (Å²) in [6.07, 6.45) is -1.04. The zero-order valence-electron chi connectivity index (χ0n) is 11.8. The van der Waals surface area contributed by atoms with Crippen LogP contribution < -0.4 is 5.73 Å². The molecule has 6 heteroatoms. The van der Waals surface area contributed by atoms with Crippen molar-refractivity contribution in [3.05, 3.63) is 17.7 Å². The first-order valence-corrected chi connectivity index (χ1v) is 8.35. The molecule has 1 aromatic rings. The standard InChI is InChI=1S/C16H16F3N3/c17-16(18,19)6-3-22(5-1-2-5)13(21-6)15-10-7-11(15)9-12(15)8(10)14(7,9)4-20/h3,5,7-12H,1-2,4,20H2. The number of rotatable bonds is 3. The van der Waals surface area contributed by atoms with Gasteiger partial charge in [-0.05, 0) is 60.3 Å². The molecule has 0 spiro atoms. The maximum Gasteiger partial charge on any atom is 0.434 e. The molecular formula is C16H16F3N3.